The van der Waals surface area contributed by atoms with Crippen LogP contribution in [0.5, 0.6) is 0 Å². The molecule has 0 atom stereocenters. The minimum atomic E-state index is -1.37. The van der Waals surface area contributed by atoms with Gasteiger partial charge in [0.15, 0.2) is 8.32 Å². The van der Waals surface area contributed by atoms with Crippen LogP contribution >= 0.6 is 0 Å². The van der Waals surface area contributed by atoms with Gasteiger partial charge in [0.25, 0.3) is 0 Å². The van der Waals surface area contributed by atoms with Crippen LogP contribution in [-0.2, 0) is 4.43 Å². The van der Waals surface area contributed by atoms with E-state index in [0.29, 0.717) is 0 Å². The fourth-order valence-corrected chi connectivity index (χ4v) is 5.07. The zero-order chi connectivity index (χ0) is 20.0. The summed E-state index contributed by atoms with van der Waals surface area (Å²) in [5.74, 6) is 0. The molecule has 4 nitrogen and oxygen atoms in total. The normalized spacial score (nSPS) is 17.1. The number of unbranched alkanes of at least 4 members (excludes halogenated alkanes) is 4. The Morgan fingerprint density at radius 2 is 1.26 bits per heavy atom. The first-order valence-corrected chi connectivity index (χ1v) is 14.8. The van der Waals surface area contributed by atoms with Crippen molar-refractivity contribution in [1.82, 2.24) is 14.7 Å². The summed E-state index contributed by atoms with van der Waals surface area (Å²) in [6.45, 7) is 20.7. The first kappa shape index (κ1) is 25.1. The molecule has 0 aromatic carbocycles. The van der Waals surface area contributed by atoms with Crippen LogP contribution in [0, 0.1) is 0 Å². The minimum absolute atomic E-state index is 1.25. The van der Waals surface area contributed by atoms with Crippen molar-refractivity contribution in [3.8, 4) is 0 Å². The third-order valence-electron chi connectivity index (χ3n) is 6.16. The number of rotatable bonds is 16. The van der Waals surface area contributed by atoms with Crippen LogP contribution in [0.15, 0.2) is 0 Å². The van der Waals surface area contributed by atoms with E-state index in [9.17, 15) is 0 Å². The Morgan fingerprint density at radius 3 is 1.74 bits per heavy atom. The van der Waals surface area contributed by atoms with Crippen molar-refractivity contribution in [2.75, 3.05) is 66.0 Å². The molecular formula is C22H49N3OSi. The first-order chi connectivity index (χ1) is 13.0. The summed E-state index contributed by atoms with van der Waals surface area (Å²) in [6, 6.07) is 1.29. The van der Waals surface area contributed by atoms with Crippen molar-refractivity contribution in [2.24, 2.45) is 0 Å². The molecule has 1 aliphatic heterocycles. The zero-order valence-electron chi connectivity index (χ0n) is 19.3. The Morgan fingerprint density at radius 1 is 0.741 bits per heavy atom. The lowest BCUT2D eigenvalue weighted by molar-refractivity contribution is 0.117. The van der Waals surface area contributed by atoms with Gasteiger partial charge in [-0.3, -0.25) is 4.90 Å². The van der Waals surface area contributed by atoms with Gasteiger partial charge in [0.1, 0.15) is 0 Å². The molecule has 0 N–H and O–H groups in total. The fourth-order valence-electron chi connectivity index (χ4n) is 3.86. The van der Waals surface area contributed by atoms with Gasteiger partial charge >= 0.3 is 0 Å². The SMILES string of the molecule is CCCCCN(CCCCC)CCN1CCN(CCC[Si](C)(C)OC)CC1. The number of hydrogen-bond acceptors (Lipinski definition) is 4. The van der Waals surface area contributed by atoms with E-state index in [-0.39, 0.29) is 0 Å². The number of hydrogen-bond donors (Lipinski definition) is 0. The maximum atomic E-state index is 5.68. The molecule has 1 saturated heterocycles. The molecule has 1 fully saturated rings. The number of piperazine rings is 1. The van der Waals surface area contributed by atoms with E-state index in [1.165, 1.54) is 110 Å². The van der Waals surface area contributed by atoms with Gasteiger partial charge in [0, 0.05) is 46.4 Å². The highest BCUT2D eigenvalue weighted by molar-refractivity contribution is 6.71. The largest absolute Gasteiger partial charge is 0.420 e. The summed E-state index contributed by atoms with van der Waals surface area (Å²) in [5.41, 5.74) is 0. The van der Waals surface area contributed by atoms with Gasteiger partial charge in [-0.05, 0) is 58.0 Å². The summed E-state index contributed by atoms with van der Waals surface area (Å²) in [4.78, 5) is 8.09. The molecule has 0 spiro atoms. The molecule has 0 amide bonds. The summed E-state index contributed by atoms with van der Waals surface area (Å²) >= 11 is 0. The average molecular weight is 400 g/mol. The van der Waals surface area contributed by atoms with Gasteiger partial charge in [0.05, 0.1) is 0 Å². The third kappa shape index (κ3) is 12.3. The summed E-state index contributed by atoms with van der Waals surface area (Å²) in [5, 5.41) is 0. The molecule has 1 heterocycles. The van der Waals surface area contributed by atoms with Crippen molar-refractivity contribution >= 4 is 8.32 Å². The van der Waals surface area contributed by atoms with Gasteiger partial charge in [-0.2, -0.15) is 0 Å². The second-order valence-electron chi connectivity index (χ2n) is 9.01. The van der Waals surface area contributed by atoms with E-state index in [1.807, 2.05) is 7.11 Å². The summed E-state index contributed by atoms with van der Waals surface area (Å²) in [7, 11) is 0.516. The van der Waals surface area contributed by atoms with E-state index in [4.69, 9.17) is 4.43 Å². The fraction of sp³-hybridized carbons (Fsp3) is 1.00. The molecule has 0 aliphatic carbocycles. The summed E-state index contributed by atoms with van der Waals surface area (Å²) < 4.78 is 5.68. The molecule has 0 aromatic heterocycles. The first-order valence-electron chi connectivity index (χ1n) is 11.7. The molecule has 27 heavy (non-hydrogen) atoms. The van der Waals surface area contributed by atoms with Crippen molar-refractivity contribution in [3.63, 3.8) is 0 Å². The van der Waals surface area contributed by atoms with Gasteiger partial charge in [-0.1, -0.05) is 39.5 Å². The van der Waals surface area contributed by atoms with Crippen LogP contribution in [0.1, 0.15) is 58.8 Å². The van der Waals surface area contributed by atoms with Gasteiger partial charge in [0.2, 0.25) is 0 Å². The maximum Gasteiger partial charge on any atom is 0.186 e. The van der Waals surface area contributed by atoms with E-state index in [0.717, 1.165) is 0 Å². The second kappa shape index (κ2) is 15.0. The highest BCUT2D eigenvalue weighted by Gasteiger charge is 2.22. The lowest BCUT2D eigenvalue weighted by Gasteiger charge is -2.36. The van der Waals surface area contributed by atoms with Gasteiger partial charge in [-0.25, -0.2) is 0 Å². The molecule has 162 valence electrons. The smallest absolute Gasteiger partial charge is 0.186 e. The van der Waals surface area contributed by atoms with Crippen molar-refractivity contribution < 1.29 is 4.43 Å². The molecule has 1 rings (SSSR count). The topological polar surface area (TPSA) is 19.0 Å². The molecule has 0 unspecified atom stereocenters. The van der Waals surface area contributed by atoms with Crippen LogP contribution < -0.4 is 0 Å². The zero-order valence-corrected chi connectivity index (χ0v) is 20.3. The Kier molecular flexibility index (Phi) is 13.9. The molecule has 0 saturated carbocycles. The van der Waals surface area contributed by atoms with Crippen LogP contribution in [0.2, 0.25) is 19.1 Å². The molecular weight excluding hydrogens is 350 g/mol. The average Bonchev–Trinajstić information content (AvgIpc) is 2.67. The van der Waals surface area contributed by atoms with Crippen LogP contribution in [0.25, 0.3) is 0 Å². The van der Waals surface area contributed by atoms with E-state index < -0.39 is 8.32 Å². The molecule has 0 aromatic rings. The van der Waals surface area contributed by atoms with Gasteiger partial charge in [-0.15, -0.1) is 0 Å². The Labute approximate surface area is 171 Å². The standard InChI is InChI=1S/C22H49N3OSi/c1-6-8-10-13-23(14-11-9-7-2)16-19-25-20-17-24(18-21-25)15-12-22-27(4,5)26-3/h6-22H2,1-5H3. The van der Waals surface area contributed by atoms with E-state index in [1.54, 1.807) is 0 Å². The Hall–Kier alpha value is 0.0569. The van der Waals surface area contributed by atoms with Crippen LogP contribution in [0.4, 0.5) is 0 Å². The predicted octanol–water partition coefficient (Wildman–Crippen LogP) is 4.53. The Bertz CT molecular complexity index is 336. The molecule has 5 heteroatoms. The monoisotopic (exact) mass is 399 g/mol. The lowest BCUT2D eigenvalue weighted by Crippen LogP contribution is -2.48. The van der Waals surface area contributed by atoms with E-state index in [2.05, 4.69) is 41.6 Å². The van der Waals surface area contributed by atoms with Crippen molar-refractivity contribution in [1.29, 1.82) is 0 Å². The molecule has 0 bridgehead atoms. The van der Waals surface area contributed by atoms with Crippen molar-refractivity contribution in [3.05, 3.63) is 0 Å². The van der Waals surface area contributed by atoms with Crippen LogP contribution in [0.3, 0.4) is 0 Å². The highest BCUT2D eigenvalue weighted by atomic mass is 28.4. The highest BCUT2D eigenvalue weighted by Crippen LogP contribution is 2.13. The van der Waals surface area contributed by atoms with Gasteiger partial charge < -0.3 is 14.2 Å². The lowest BCUT2D eigenvalue weighted by atomic mass is 10.2. The predicted molar refractivity (Wildman–Crippen MR) is 122 cm³/mol. The van der Waals surface area contributed by atoms with E-state index >= 15 is 0 Å². The third-order valence-corrected chi connectivity index (χ3v) is 8.82. The minimum Gasteiger partial charge on any atom is -0.420 e. The summed E-state index contributed by atoms with van der Waals surface area (Å²) in [6.07, 6.45) is 9.46. The Balaban J connectivity index is 2.20. The van der Waals surface area contributed by atoms with Crippen LogP contribution in [-0.4, -0.2) is 89.0 Å². The number of nitrogens with zero attached hydrogens (tertiary/aromatic N) is 3. The second-order valence-corrected chi connectivity index (χ2v) is 13.4. The molecule has 1 aliphatic rings. The quantitative estimate of drug-likeness (QED) is 0.280. The maximum absolute atomic E-state index is 5.68. The molecule has 0 radical (unpaired) electrons. The van der Waals surface area contributed by atoms with Crippen molar-refractivity contribution in [2.45, 2.75) is 77.9 Å².